The molecule has 2 N–H and O–H groups in total. The zero-order valence-corrected chi connectivity index (χ0v) is 11.1. The fourth-order valence-corrected chi connectivity index (χ4v) is 1.49. The number of carbonyl (C=O) groups is 2. The van der Waals surface area contributed by atoms with Crippen LogP contribution in [-0.2, 0) is 9.53 Å². The number of carboxylic acids is 1. The van der Waals surface area contributed by atoms with E-state index in [-0.39, 0.29) is 11.6 Å². The maximum atomic E-state index is 11.2. The van der Waals surface area contributed by atoms with Gasteiger partial charge < -0.3 is 15.2 Å². The van der Waals surface area contributed by atoms with Crippen molar-refractivity contribution in [1.82, 2.24) is 10.2 Å². The topological polar surface area (TPSA) is 101 Å². The van der Waals surface area contributed by atoms with Gasteiger partial charge in [0.25, 0.3) is 0 Å². The molecule has 0 bridgehead atoms. The third-order valence-corrected chi connectivity index (χ3v) is 2.39. The molecule has 1 heterocycles. The molecule has 0 radical (unpaired) electrons. The van der Waals surface area contributed by atoms with E-state index in [9.17, 15) is 9.59 Å². The molecule has 7 heteroatoms. The summed E-state index contributed by atoms with van der Waals surface area (Å²) in [6, 6.07) is 2.18. The van der Waals surface area contributed by atoms with Crippen molar-refractivity contribution < 1.29 is 19.4 Å². The number of carbonyl (C=O) groups excluding carboxylic acids is 1. The number of nitrogens with one attached hydrogen (secondary N) is 1. The van der Waals surface area contributed by atoms with E-state index in [0.717, 1.165) is 0 Å². The number of anilines is 1. The summed E-state index contributed by atoms with van der Waals surface area (Å²) in [4.78, 5) is 22.2. The van der Waals surface area contributed by atoms with Crippen LogP contribution in [0.4, 0.5) is 5.82 Å². The highest BCUT2D eigenvalue weighted by Gasteiger charge is 2.19. The number of rotatable bonds is 6. The van der Waals surface area contributed by atoms with Crippen molar-refractivity contribution >= 4 is 17.8 Å². The summed E-state index contributed by atoms with van der Waals surface area (Å²) >= 11 is 0. The Morgan fingerprint density at radius 2 is 2.05 bits per heavy atom. The number of carboxylic acid groups (broad SMARTS) is 1. The van der Waals surface area contributed by atoms with Gasteiger partial charge in [-0.1, -0.05) is 13.8 Å². The van der Waals surface area contributed by atoms with Crippen LogP contribution in [0.2, 0.25) is 0 Å². The smallest absolute Gasteiger partial charge is 0.358 e. The van der Waals surface area contributed by atoms with Crippen LogP contribution in [0.3, 0.4) is 0 Å². The molecule has 0 unspecified atom stereocenters. The van der Waals surface area contributed by atoms with Gasteiger partial charge in [-0.15, -0.1) is 10.2 Å². The molecule has 0 aromatic carbocycles. The third kappa shape index (κ3) is 4.53. The second-order valence-electron chi connectivity index (χ2n) is 4.46. The molecular weight excluding hydrogens is 250 g/mol. The largest absolute Gasteiger partial charge is 0.480 e. The van der Waals surface area contributed by atoms with E-state index < -0.39 is 18.0 Å². The first kappa shape index (κ1) is 14.9. The van der Waals surface area contributed by atoms with E-state index >= 15 is 0 Å². The Morgan fingerprint density at radius 3 is 2.47 bits per heavy atom. The first-order valence-electron chi connectivity index (χ1n) is 5.85. The van der Waals surface area contributed by atoms with Crippen LogP contribution in [0.5, 0.6) is 0 Å². The lowest BCUT2D eigenvalue weighted by Gasteiger charge is -2.16. The average Bonchev–Trinajstić information content (AvgIpc) is 2.37. The summed E-state index contributed by atoms with van der Waals surface area (Å²) in [6.07, 6.45) is 0.468. The van der Waals surface area contributed by atoms with Gasteiger partial charge in [0, 0.05) is 0 Å². The van der Waals surface area contributed by atoms with Crippen LogP contribution in [0.15, 0.2) is 12.1 Å². The summed E-state index contributed by atoms with van der Waals surface area (Å²) in [5, 5.41) is 19.3. The van der Waals surface area contributed by atoms with Crippen molar-refractivity contribution in [3.8, 4) is 0 Å². The van der Waals surface area contributed by atoms with Gasteiger partial charge >= 0.3 is 11.9 Å². The minimum absolute atomic E-state index is 0.0729. The van der Waals surface area contributed by atoms with Gasteiger partial charge in [0.05, 0.1) is 7.11 Å². The van der Waals surface area contributed by atoms with Crippen LogP contribution in [0.1, 0.15) is 30.8 Å². The predicted molar refractivity (Wildman–Crippen MR) is 67.9 cm³/mol. The zero-order chi connectivity index (χ0) is 14.4. The Hall–Kier alpha value is -2.18. The lowest BCUT2D eigenvalue weighted by atomic mass is 10.0. The summed E-state index contributed by atoms with van der Waals surface area (Å²) in [7, 11) is 1.25. The van der Waals surface area contributed by atoms with E-state index in [1.807, 2.05) is 13.8 Å². The fraction of sp³-hybridized carbons (Fsp3) is 0.500. The molecule has 0 aliphatic heterocycles. The highest BCUT2D eigenvalue weighted by atomic mass is 16.5. The number of ether oxygens (including phenoxy) is 1. The normalized spacial score (nSPS) is 12.0. The second-order valence-corrected chi connectivity index (χ2v) is 4.46. The van der Waals surface area contributed by atoms with E-state index in [2.05, 4.69) is 20.3 Å². The highest BCUT2D eigenvalue weighted by molar-refractivity contribution is 5.87. The predicted octanol–water partition coefficient (Wildman–Crippen LogP) is 1.17. The van der Waals surface area contributed by atoms with Crippen LogP contribution >= 0.6 is 0 Å². The van der Waals surface area contributed by atoms with Gasteiger partial charge in [-0.05, 0) is 24.5 Å². The van der Waals surface area contributed by atoms with Crippen molar-refractivity contribution in [2.75, 3.05) is 12.4 Å². The summed E-state index contributed by atoms with van der Waals surface area (Å²) in [5.74, 6) is -1.000. The molecule has 0 saturated carbocycles. The van der Waals surface area contributed by atoms with E-state index in [1.165, 1.54) is 19.2 Å². The van der Waals surface area contributed by atoms with E-state index in [0.29, 0.717) is 12.2 Å². The number of methoxy groups -OCH3 is 1. The molecule has 104 valence electrons. The summed E-state index contributed by atoms with van der Waals surface area (Å²) in [5.41, 5.74) is 0.0729. The molecule has 1 aromatic heterocycles. The Bertz CT molecular complexity index is 445. The SMILES string of the molecule is COC(=O)c1ccc(N[C@H](CC(C)C)C(=O)O)nn1. The quantitative estimate of drug-likeness (QED) is 0.746. The molecular formula is C12H17N3O4. The average molecular weight is 267 g/mol. The summed E-state index contributed by atoms with van der Waals surface area (Å²) < 4.78 is 4.49. The molecule has 0 spiro atoms. The molecule has 19 heavy (non-hydrogen) atoms. The second kappa shape index (κ2) is 6.67. The highest BCUT2D eigenvalue weighted by Crippen LogP contribution is 2.11. The minimum atomic E-state index is -0.951. The van der Waals surface area contributed by atoms with Crippen LogP contribution in [0.25, 0.3) is 0 Å². The molecule has 0 amide bonds. The van der Waals surface area contributed by atoms with Crippen LogP contribution in [-0.4, -0.2) is 40.4 Å². The lowest BCUT2D eigenvalue weighted by molar-refractivity contribution is -0.138. The first-order chi connectivity index (χ1) is 8.93. The first-order valence-corrected chi connectivity index (χ1v) is 5.85. The number of aliphatic carboxylic acids is 1. The van der Waals surface area contributed by atoms with Crippen molar-refractivity contribution in [2.45, 2.75) is 26.3 Å². The van der Waals surface area contributed by atoms with Gasteiger partial charge in [0.15, 0.2) is 5.69 Å². The van der Waals surface area contributed by atoms with Gasteiger partial charge in [-0.2, -0.15) is 0 Å². The van der Waals surface area contributed by atoms with Gasteiger partial charge in [0.1, 0.15) is 11.9 Å². The molecule has 1 atom stereocenters. The number of hydrogen-bond acceptors (Lipinski definition) is 6. The Balaban J connectivity index is 2.75. The maximum Gasteiger partial charge on any atom is 0.358 e. The van der Waals surface area contributed by atoms with Gasteiger partial charge in [0.2, 0.25) is 0 Å². The van der Waals surface area contributed by atoms with E-state index in [1.54, 1.807) is 0 Å². The molecule has 7 nitrogen and oxygen atoms in total. The number of esters is 1. The standard InChI is InChI=1S/C12H17N3O4/c1-7(2)6-9(11(16)17)13-10-5-4-8(14-15-10)12(18)19-3/h4-5,7,9H,6H2,1-3H3,(H,13,15)(H,16,17)/t9-/m1/s1. The molecule has 0 aliphatic carbocycles. The lowest BCUT2D eigenvalue weighted by Crippen LogP contribution is -2.31. The molecule has 0 fully saturated rings. The monoisotopic (exact) mass is 267 g/mol. The van der Waals surface area contributed by atoms with Crippen molar-refractivity contribution in [3.05, 3.63) is 17.8 Å². The van der Waals surface area contributed by atoms with Crippen molar-refractivity contribution in [1.29, 1.82) is 0 Å². The van der Waals surface area contributed by atoms with Crippen molar-refractivity contribution in [2.24, 2.45) is 5.92 Å². The number of hydrogen-bond donors (Lipinski definition) is 2. The van der Waals surface area contributed by atoms with Gasteiger partial charge in [-0.25, -0.2) is 9.59 Å². The van der Waals surface area contributed by atoms with Crippen molar-refractivity contribution in [3.63, 3.8) is 0 Å². The Kier molecular flexibility index (Phi) is 5.23. The number of aromatic nitrogens is 2. The fourth-order valence-electron chi connectivity index (χ4n) is 1.49. The maximum absolute atomic E-state index is 11.2. The molecule has 0 saturated heterocycles. The Morgan fingerprint density at radius 1 is 1.37 bits per heavy atom. The Labute approximate surface area is 111 Å². The summed E-state index contributed by atoms with van der Waals surface area (Å²) in [6.45, 7) is 3.87. The molecule has 1 aromatic rings. The van der Waals surface area contributed by atoms with Crippen LogP contribution < -0.4 is 5.32 Å². The zero-order valence-electron chi connectivity index (χ0n) is 11.1. The van der Waals surface area contributed by atoms with E-state index in [4.69, 9.17) is 5.11 Å². The minimum Gasteiger partial charge on any atom is -0.480 e. The molecule has 0 aliphatic rings. The molecule has 1 rings (SSSR count). The third-order valence-electron chi connectivity index (χ3n) is 2.39. The van der Waals surface area contributed by atoms with Gasteiger partial charge in [-0.3, -0.25) is 0 Å². The number of nitrogens with zero attached hydrogens (tertiary/aromatic N) is 2. The van der Waals surface area contributed by atoms with Crippen LogP contribution in [0, 0.1) is 5.92 Å².